The summed E-state index contributed by atoms with van der Waals surface area (Å²) in [5.41, 5.74) is 1.01. The van der Waals surface area contributed by atoms with E-state index in [2.05, 4.69) is 33.0 Å². The molecule has 0 saturated heterocycles. The first kappa shape index (κ1) is 21.5. The summed E-state index contributed by atoms with van der Waals surface area (Å²) in [5.74, 6) is 1.26. The van der Waals surface area contributed by atoms with E-state index >= 15 is 0 Å². The van der Waals surface area contributed by atoms with E-state index in [1.807, 2.05) is 32.0 Å². The van der Waals surface area contributed by atoms with Crippen molar-refractivity contribution in [1.29, 1.82) is 0 Å². The second-order valence-corrected chi connectivity index (χ2v) is 7.32. The summed E-state index contributed by atoms with van der Waals surface area (Å²) < 4.78 is 11.7. The van der Waals surface area contributed by atoms with E-state index < -0.39 is 5.60 Å². The van der Waals surface area contributed by atoms with E-state index in [0.29, 0.717) is 19.1 Å². The van der Waals surface area contributed by atoms with Gasteiger partial charge in [0.15, 0.2) is 0 Å². The Morgan fingerprint density at radius 1 is 1.24 bits per heavy atom. The maximum absolute atomic E-state index is 12.8. The molecule has 0 saturated carbocycles. The summed E-state index contributed by atoms with van der Waals surface area (Å²) in [5, 5.41) is 3.01. The molecule has 142 valence electrons. The average Bonchev–Trinajstić information content (AvgIpc) is 2.57. The van der Waals surface area contributed by atoms with Crippen LogP contribution in [0.1, 0.15) is 65.9 Å². The molecule has 1 atom stereocenters. The van der Waals surface area contributed by atoms with Crippen LogP contribution in [0.15, 0.2) is 18.2 Å². The minimum absolute atomic E-state index is 0.0790. The number of anilines is 1. The van der Waals surface area contributed by atoms with Crippen LogP contribution in [0, 0.1) is 12.8 Å². The number of nitrogens with one attached hydrogen (secondary N) is 1. The van der Waals surface area contributed by atoms with Crippen LogP contribution in [0.4, 0.5) is 5.69 Å². The number of rotatable bonds is 11. The van der Waals surface area contributed by atoms with Crippen LogP contribution in [-0.4, -0.2) is 24.7 Å². The highest BCUT2D eigenvalue weighted by atomic mass is 16.5. The Labute approximate surface area is 153 Å². The second-order valence-electron chi connectivity index (χ2n) is 7.32. The molecule has 1 N–H and O–H groups in total. The molecule has 0 radical (unpaired) electrons. The molecule has 0 aliphatic carbocycles. The number of benzene rings is 1. The van der Waals surface area contributed by atoms with Crippen molar-refractivity contribution in [2.24, 2.45) is 5.92 Å². The molecule has 0 unspecified atom stereocenters. The summed E-state index contributed by atoms with van der Waals surface area (Å²) in [6, 6.07) is 5.76. The smallest absolute Gasteiger partial charge is 0.256 e. The van der Waals surface area contributed by atoms with Gasteiger partial charge in [0.25, 0.3) is 5.91 Å². The van der Waals surface area contributed by atoms with Crippen LogP contribution in [0.2, 0.25) is 0 Å². The van der Waals surface area contributed by atoms with E-state index in [1.54, 1.807) is 0 Å². The Morgan fingerprint density at radius 2 is 1.96 bits per heavy atom. The predicted octanol–water partition coefficient (Wildman–Crippen LogP) is 5.34. The van der Waals surface area contributed by atoms with Crippen molar-refractivity contribution in [3.63, 3.8) is 0 Å². The first-order valence-electron chi connectivity index (χ1n) is 9.51. The zero-order valence-electron chi connectivity index (χ0n) is 16.8. The van der Waals surface area contributed by atoms with Crippen molar-refractivity contribution in [3.05, 3.63) is 23.8 Å². The summed E-state index contributed by atoms with van der Waals surface area (Å²) in [6.45, 7) is 13.6. The molecule has 0 bridgehead atoms. The molecule has 0 aromatic heterocycles. The van der Waals surface area contributed by atoms with Gasteiger partial charge in [0, 0.05) is 12.3 Å². The van der Waals surface area contributed by atoms with E-state index in [0.717, 1.165) is 42.7 Å². The summed E-state index contributed by atoms with van der Waals surface area (Å²) >= 11 is 0. The lowest BCUT2D eigenvalue weighted by Gasteiger charge is -2.28. The molecule has 0 aliphatic heterocycles. The molecule has 0 fully saturated rings. The highest BCUT2D eigenvalue weighted by Gasteiger charge is 2.33. The van der Waals surface area contributed by atoms with E-state index in [-0.39, 0.29) is 5.91 Å². The lowest BCUT2D eigenvalue weighted by molar-refractivity contribution is -0.140. The SMILES string of the molecule is CCCC[C@@](C)(OCCC)C(=O)Nc1ccc(OCC(C)C)c(C)c1. The fourth-order valence-electron chi connectivity index (χ4n) is 2.50. The van der Waals surface area contributed by atoms with Crippen molar-refractivity contribution >= 4 is 11.6 Å². The summed E-state index contributed by atoms with van der Waals surface area (Å²) in [7, 11) is 0. The van der Waals surface area contributed by atoms with Gasteiger partial charge in [0.05, 0.1) is 6.61 Å². The molecule has 1 aromatic rings. The number of hydrogen-bond donors (Lipinski definition) is 1. The highest BCUT2D eigenvalue weighted by molar-refractivity contribution is 5.97. The topological polar surface area (TPSA) is 47.6 Å². The Morgan fingerprint density at radius 3 is 2.52 bits per heavy atom. The molecule has 1 rings (SSSR count). The zero-order chi connectivity index (χ0) is 18.9. The van der Waals surface area contributed by atoms with E-state index in [9.17, 15) is 4.79 Å². The quantitative estimate of drug-likeness (QED) is 0.586. The highest BCUT2D eigenvalue weighted by Crippen LogP contribution is 2.25. The van der Waals surface area contributed by atoms with Crippen LogP contribution in [-0.2, 0) is 9.53 Å². The van der Waals surface area contributed by atoms with E-state index in [4.69, 9.17) is 9.47 Å². The van der Waals surface area contributed by atoms with Gasteiger partial charge in [0.2, 0.25) is 0 Å². The molecule has 0 spiro atoms. The van der Waals surface area contributed by atoms with Gasteiger partial charge >= 0.3 is 0 Å². The number of carbonyl (C=O) groups excluding carboxylic acids is 1. The molecule has 1 amide bonds. The number of unbranched alkanes of at least 4 members (excludes halogenated alkanes) is 1. The van der Waals surface area contributed by atoms with Crippen molar-refractivity contribution in [3.8, 4) is 5.75 Å². The zero-order valence-corrected chi connectivity index (χ0v) is 16.8. The monoisotopic (exact) mass is 349 g/mol. The van der Waals surface area contributed by atoms with Gasteiger partial charge < -0.3 is 14.8 Å². The number of aryl methyl sites for hydroxylation is 1. The third-order valence-corrected chi connectivity index (χ3v) is 4.12. The molecular weight excluding hydrogens is 314 g/mol. The summed E-state index contributed by atoms with van der Waals surface area (Å²) in [4.78, 5) is 12.8. The van der Waals surface area contributed by atoms with Gasteiger partial charge in [-0.3, -0.25) is 4.79 Å². The standard InChI is InChI=1S/C21H35NO3/c1-7-9-12-21(6,25-13-8-2)20(23)22-18-10-11-19(17(5)14-18)24-15-16(3)4/h10-11,14,16H,7-9,12-13,15H2,1-6H3,(H,22,23)/t21-/m1/s1. The van der Waals surface area contributed by atoms with Crippen molar-refractivity contribution in [1.82, 2.24) is 0 Å². The van der Waals surface area contributed by atoms with Gasteiger partial charge in [0.1, 0.15) is 11.4 Å². The molecular formula is C21H35NO3. The molecule has 0 aliphatic rings. The average molecular weight is 350 g/mol. The Bertz CT molecular complexity index is 532. The first-order chi connectivity index (χ1) is 11.8. The van der Waals surface area contributed by atoms with Crippen molar-refractivity contribution in [2.75, 3.05) is 18.5 Å². The van der Waals surface area contributed by atoms with Crippen LogP contribution in [0.5, 0.6) is 5.75 Å². The number of amides is 1. The van der Waals surface area contributed by atoms with Gasteiger partial charge in [-0.1, -0.05) is 40.5 Å². The lowest BCUT2D eigenvalue weighted by Crippen LogP contribution is -2.43. The molecule has 1 aromatic carbocycles. The number of ether oxygens (including phenoxy) is 2. The minimum atomic E-state index is -0.785. The largest absolute Gasteiger partial charge is 0.493 e. The third kappa shape index (κ3) is 7.07. The van der Waals surface area contributed by atoms with E-state index in [1.165, 1.54) is 0 Å². The molecule has 25 heavy (non-hydrogen) atoms. The second kappa shape index (κ2) is 10.4. The molecule has 0 heterocycles. The van der Waals surface area contributed by atoms with Crippen LogP contribution >= 0.6 is 0 Å². The number of hydrogen-bond acceptors (Lipinski definition) is 3. The number of carbonyl (C=O) groups is 1. The van der Waals surface area contributed by atoms with Crippen molar-refractivity contribution < 1.29 is 14.3 Å². The third-order valence-electron chi connectivity index (χ3n) is 4.12. The Kier molecular flexibility index (Phi) is 8.98. The van der Waals surface area contributed by atoms with Gasteiger partial charge in [-0.15, -0.1) is 0 Å². The van der Waals surface area contributed by atoms with Crippen molar-refractivity contribution in [2.45, 2.75) is 72.8 Å². The lowest BCUT2D eigenvalue weighted by atomic mass is 9.97. The van der Waals surface area contributed by atoms with Crippen LogP contribution < -0.4 is 10.1 Å². The van der Waals surface area contributed by atoms with Gasteiger partial charge in [-0.25, -0.2) is 0 Å². The minimum Gasteiger partial charge on any atom is -0.493 e. The fourth-order valence-corrected chi connectivity index (χ4v) is 2.50. The Hall–Kier alpha value is -1.55. The predicted molar refractivity (Wildman–Crippen MR) is 104 cm³/mol. The first-order valence-corrected chi connectivity index (χ1v) is 9.51. The fraction of sp³-hybridized carbons (Fsp3) is 0.667. The van der Waals surface area contributed by atoms with Crippen LogP contribution in [0.25, 0.3) is 0 Å². The Balaban J connectivity index is 2.80. The normalized spacial score (nSPS) is 13.6. The molecule has 4 heteroatoms. The maximum atomic E-state index is 12.8. The van der Waals surface area contributed by atoms with Gasteiger partial charge in [-0.05, 0) is 56.4 Å². The maximum Gasteiger partial charge on any atom is 0.256 e. The van der Waals surface area contributed by atoms with Gasteiger partial charge in [-0.2, -0.15) is 0 Å². The molecule has 4 nitrogen and oxygen atoms in total. The van der Waals surface area contributed by atoms with Crippen LogP contribution in [0.3, 0.4) is 0 Å². The summed E-state index contributed by atoms with van der Waals surface area (Å²) in [6.07, 6.45) is 3.63.